The standard InChI is InChI=1S/C12H15N5S/c1-9-5-10(6-18-9)16-11-3-2-4-14-12(11)17-8-13-7-15-17/h2-4,7-10,16H,5-6H2,1H3. The summed E-state index contributed by atoms with van der Waals surface area (Å²) in [5.74, 6) is 1.95. The van der Waals surface area contributed by atoms with Crippen LogP contribution in [0.3, 0.4) is 0 Å². The van der Waals surface area contributed by atoms with E-state index in [9.17, 15) is 0 Å². The maximum Gasteiger partial charge on any atom is 0.178 e. The molecule has 0 radical (unpaired) electrons. The van der Waals surface area contributed by atoms with Crippen LogP contribution in [0.25, 0.3) is 5.82 Å². The van der Waals surface area contributed by atoms with E-state index in [0.29, 0.717) is 6.04 Å². The lowest BCUT2D eigenvalue weighted by atomic mass is 10.2. The molecule has 0 saturated carbocycles. The molecular weight excluding hydrogens is 246 g/mol. The summed E-state index contributed by atoms with van der Waals surface area (Å²) >= 11 is 2.01. The molecule has 18 heavy (non-hydrogen) atoms. The highest BCUT2D eigenvalue weighted by Gasteiger charge is 2.22. The largest absolute Gasteiger partial charge is 0.378 e. The lowest BCUT2D eigenvalue weighted by Crippen LogP contribution is -2.20. The summed E-state index contributed by atoms with van der Waals surface area (Å²) in [5, 5.41) is 8.42. The molecule has 2 aromatic rings. The number of aromatic nitrogens is 4. The number of nitrogens with zero attached hydrogens (tertiary/aromatic N) is 4. The molecule has 0 aliphatic carbocycles. The normalized spacial score (nSPS) is 23.2. The first kappa shape index (κ1) is 11.5. The molecule has 6 heteroatoms. The zero-order chi connectivity index (χ0) is 12.4. The molecule has 1 fully saturated rings. The van der Waals surface area contributed by atoms with E-state index in [2.05, 4.69) is 27.3 Å². The van der Waals surface area contributed by atoms with E-state index in [1.54, 1.807) is 17.2 Å². The number of hydrogen-bond donors (Lipinski definition) is 1. The number of hydrogen-bond acceptors (Lipinski definition) is 5. The van der Waals surface area contributed by atoms with E-state index in [4.69, 9.17) is 0 Å². The second-order valence-corrected chi connectivity index (χ2v) is 5.91. The highest BCUT2D eigenvalue weighted by atomic mass is 32.2. The summed E-state index contributed by atoms with van der Waals surface area (Å²) in [4.78, 5) is 8.34. The van der Waals surface area contributed by atoms with Gasteiger partial charge >= 0.3 is 0 Å². The number of nitrogens with one attached hydrogen (secondary N) is 1. The first-order valence-electron chi connectivity index (χ1n) is 6.01. The van der Waals surface area contributed by atoms with Crippen molar-refractivity contribution in [3.63, 3.8) is 0 Å². The van der Waals surface area contributed by atoms with Gasteiger partial charge in [0.25, 0.3) is 0 Å². The van der Waals surface area contributed by atoms with Crippen LogP contribution < -0.4 is 5.32 Å². The maximum absolute atomic E-state index is 4.37. The number of anilines is 1. The predicted molar refractivity (Wildman–Crippen MR) is 73.1 cm³/mol. The first-order chi connectivity index (χ1) is 8.83. The first-order valence-corrected chi connectivity index (χ1v) is 7.06. The van der Waals surface area contributed by atoms with Gasteiger partial charge in [0.05, 0.1) is 5.69 Å². The van der Waals surface area contributed by atoms with Crippen LogP contribution in [0, 0.1) is 0 Å². The minimum Gasteiger partial charge on any atom is -0.378 e. The molecule has 1 aliphatic heterocycles. The molecule has 1 N–H and O–H groups in total. The fraction of sp³-hybridized carbons (Fsp3) is 0.417. The van der Waals surface area contributed by atoms with Crippen LogP contribution in [-0.2, 0) is 0 Å². The minimum atomic E-state index is 0.511. The van der Waals surface area contributed by atoms with Crippen molar-refractivity contribution in [1.82, 2.24) is 19.7 Å². The van der Waals surface area contributed by atoms with Crippen LogP contribution >= 0.6 is 11.8 Å². The van der Waals surface area contributed by atoms with Gasteiger partial charge in [-0.05, 0) is 18.6 Å². The van der Waals surface area contributed by atoms with Gasteiger partial charge in [0.2, 0.25) is 0 Å². The van der Waals surface area contributed by atoms with Crippen molar-refractivity contribution in [1.29, 1.82) is 0 Å². The van der Waals surface area contributed by atoms with Crippen molar-refractivity contribution >= 4 is 17.4 Å². The number of pyridine rings is 1. The summed E-state index contributed by atoms with van der Waals surface area (Å²) in [6.45, 7) is 2.27. The van der Waals surface area contributed by atoms with Gasteiger partial charge in [-0.25, -0.2) is 14.6 Å². The third-order valence-electron chi connectivity index (χ3n) is 2.98. The Morgan fingerprint density at radius 2 is 2.44 bits per heavy atom. The summed E-state index contributed by atoms with van der Waals surface area (Å²) in [6.07, 6.45) is 6.15. The lowest BCUT2D eigenvalue weighted by Gasteiger charge is -2.15. The molecule has 2 aromatic heterocycles. The molecular formula is C12H15N5S. The van der Waals surface area contributed by atoms with Crippen molar-refractivity contribution in [3.05, 3.63) is 31.0 Å². The molecule has 2 unspecified atom stereocenters. The Morgan fingerprint density at radius 1 is 1.50 bits per heavy atom. The quantitative estimate of drug-likeness (QED) is 0.915. The Labute approximate surface area is 110 Å². The summed E-state index contributed by atoms with van der Waals surface area (Å²) in [5.41, 5.74) is 1.02. The summed E-state index contributed by atoms with van der Waals surface area (Å²) in [6, 6.07) is 4.49. The van der Waals surface area contributed by atoms with Gasteiger partial charge in [-0.1, -0.05) is 6.92 Å². The molecule has 94 valence electrons. The SMILES string of the molecule is CC1CC(Nc2cccnc2-n2cncn2)CS1. The molecule has 0 bridgehead atoms. The molecule has 0 aromatic carbocycles. The number of thioether (sulfide) groups is 1. The van der Waals surface area contributed by atoms with Crippen molar-refractivity contribution in [2.24, 2.45) is 0 Å². The Hall–Kier alpha value is -1.56. The lowest BCUT2D eigenvalue weighted by molar-refractivity contribution is 0.742. The van der Waals surface area contributed by atoms with Crippen LogP contribution in [0.2, 0.25) is 0 Å². The monoisotopic (exact) mass is 261 g/mol. The van der Waals surface area contributed by atoms with Crippen LogP contribution in [0.15, 0.2) is 31.0 Å². The van der Waals surface area contributed by atoms with Gasteiger partial charge in [-0.15, -0.1) is 0 Å². The molecule has 3 rings (SSSR count). The fourth-order valence-corrected chi connectivity index (χ4v) is 3.30. The van der Waals surface area contributed by atoms with Crippen molar-refractivity contribution < 1.29 is 0 Å². The highest BCUT2D eigenvalue weighted by Crippen LogP contribution is 2.29. The van der Waals surface area contributed by atoms with Gasteiger partial charge in [0.1, 0.15) is 12.7 Å². The van der Waals surface area contributed by atoms with Gasteiger partial charge < -0.3 is 5.32 Å². The van der Waals surface area contributed by atoms with E-state index in [-0.39, 0.29) is 0 Å². The smallest absolute Gasteiger partial charge is 0.178 e. The highest BCUT2D eigenvalue weighted by molar-refractivity contribution is 8.00. The van der Waals surface area contributed by atoms with Gasteiger partial charge in [0.15, 0.2) is 5.82 Å². The van der Waals surface area contributed by atoms with E-state index in [0.717, 1.165) is 22.5 Å². The van der Waals surface area contributed by atoms with Crippen LogP contribution in [0.1, 0.15) is 13.3 Å². The maximum atomic E-state index is 4.37. The zero-order valence-electron chi connectivity index (χ0n) is 10.2. The van der Waals surface area contributed by atoms with Crippen molar-refractivity contribution in [2.75, 3.05) is 11.1 Å². The molecule has 1 saturated heterocycles. The molecule has 2 atom stereocenters. The van der Waals surface area contributed by atoms with Crippen LogP contribution in [0.5, 0.6) is 0 Å². The number of rotatable bonds is 3. The predicted octanol–water partition coefficient (Wildman–Crippen LogP) is 1.97. The fourth-order valence-electron chi connectivity index (χ4n) is 2.15. The van der Waals surface area contributed by atoms with E-state index >= 15 is 0 Å². The Balaban J connectivity index is 1.84. The van der Waals surface area contributed by atoms with Gasteiger partial charge in [-0.2, -0.15) is 16.9 Å². The molecule has 1 aliphatic rings. The Morgan fingerprint density at radius 3 is 3.17 bits per heavy atom. The van der Waals surface area contributed by atoms with Gasteiger partial charge in [0, 0.05) is 23.2 Å². The third kappa shape index (κ3) is 2.33. The van der Waals surface area contributed by atoms with Crippen molar-refractivity contribution in [2.45, 2.75) is 24.6 Å². The third-order valence-corrected chi connectivity index (χ3v) is 4.34. The Kier molecular flexibility index (Phi) is 3.19. The molecule has 5 nitrogen and oxygen atoms in total. The second-order valence-electron chi connectivity index (χ2n) is 4.44. The van der Waals surface area contributed by atoms with Crippen LogP contribution in [-0.4, -0.2) is 36.8 Å². The zero-order valence-corrected chi connectivity index (χ0v) is 11.0. The summed E-state index contributed by atoms with van der Waals surface area (Å²) in [7, 11) is 0. The minimum absolute atomic E-state index is 0.511. The van der Waals surface area contributed by atoms with E-state index in [1.807, 2.05) is 23.9 Å². The molecule has 0 spiro atoms. The molecule has 3 heterocycles. The average molecular weight is 261 g/mol. The molecule has 0 amide bonds. The van der Waals surface area contributed by atoms with Crippen LogP contribution in [0.4, 0.5) is 5.69 Å². The Bertz CT molecular complexity index is 513. The van der Waals surface area contributed by atoms with Crippen molar-refractivity contribution in [3.8, 4) is 5.82 Å². The summed E-state index contributed by atoms with van der Waals surface area (Å²) < 4.78 is 1.69. The van der Waals surface area contributed by atoms with E-state index in [1.165, 1.54) is 12.7 Å². The topological polar surface area (TPSA) is 55.6 Å². The van der Waals surface area contributed by atoms with Gasteiger partial charge in [-0.3, -0.25) is 0 Å². The van der Waals surface area contributed by atoms with E-state index < -0.39 is 0 Å². The average Bonchev–Trinajstić information content (AvgIpc) is 3.02. The second kappa shape index (κ2) is 4.97.